The summed E-state index contributed by atoms with van der Waals surface area (Å²) in [5, 5.41) is 1.86. The van der Waals surface area contributed by atoms with Gasteiger partial charge in [-0.05, 0) is 36.8 Å². The second kappa shape index (κ2) is 4.78. The summed E-state index contributed by atoms with van der Waals surface area (Å²) in [4.78, 5) is 17.6. The van der Waals surface area contributed by atoms with E-state index in [4.69, 9.17) is 0 Å². The van der Waals surface area contributed by atoms with Crippen LogP contribution >= 0.6 is 0 Å². The van der Waals surface area contributed by atoms with Crippen LogP contribution in [-0.4, -0.2) is 22.4 Å². The van der Waals surface area contributed by atoms with E-state index in [0.29, 0.717) is 32.7 Å². The second-order valence-corrected chi connectivity index (χ2v) is 7.72. The molecule has 0 unspecified atom stereocenters. The van der Waals surface area contributed by atoms with E-state index < -0.39 is 10.1 Å². The molecule has 0 aliphatic rings. The summed E-state index contributed by atoms with van der Waals surface area (Å²) in [5.74, 6) is 0. The molecule has 6 nitrogen and oxygen atoms in total. The molecule has 128 valence electrons. The molecule has 26 heavy (non-hydrogen) atoms. The number of benzene rings is 3. The number of hydrogen-bond donors (Lipinski definition) is 1. The maximum absolute atomic E-state index is 13.2. The fourth-order valence-electron chi connectivity index (χ4n) is 3.76. The van der Waals surface area contributed by atoms with Gasteiger partial charge in [0, 0.05) is 21.5 Å². The number of rotatable bonds is 1. The molecule has 0 spiro atoms. The first kappa shape index (κ1) is 15.2. The van der Waals surface area contributed by atoms with E-state index in [1.54, 1.807) is 28.7 Å². The molecule has 1 N–H and O–H groups in total. The highest BCUT2D eigenvalue weighted by Crippen LogP contribution is 2.33. The van der Waals surface area contributed by atoms with Gasteiger partial charge < -0.3 is 0 Å². The number of fused-ring (bicyclic) bond motifs is 4. The fraction of sp³-hybridized carbons (Fsp3) is 0.0526. The predicted molar refractivity (Wildman–Crippen MR) is 99.7 cm³/mol. The van der Waals surface area contributed by atoms with E-state index in [-0.39, 0.29) is 10.5 Å². The van der Waals surface area contributed by atoms with Gasteiger partial charge in [-0.15, -0.1) is 0 Å². The number of pyridine rings is 1. The molecule has 0 aliphatic carbocycles. The first-order valence-electron chi connectivity index (χ1n) is 7.94. The predicted octanol–water partition coefficient (Wildman–Crippen LogP) is 3.15. The number of aromatic nitrogens is 2. The highest BCUT2D eigenvalue weighted by molar-refractivity contribution is 7.86. The molecule has 3 aromatic carbocycles. The lowest BCUT2D eigenvalue weighted by Crippen LogP contribution is -2.14. The van der Waals surface area contributed by atoms with Crippen molar-refractivity contribution in [1.29, 1.82) is 0 Å². The smallest absolute Gasteiger partial charge is 0.282 e. The van der Waals surface area contributed by atoms with Crippen LogP contribution in [0.4, 0.5) is 0 Å². The number of hydrogen-bond acceptors (Lipinski definition) is 4. The first-order chi connectivity index (χ1) is 12.4. The summed E-state index contributed by atoms with van der Waals surface area (Å²) >= 11 is 0. The molecule has 5 aromatic rings. The average Bonchev–Trinajstić information content (AvgIpc) is 2.99. The van der Waals surface area contributed by atoms with Crippen molar-refractivity contribution in [2.75, 3.05) is 0 Å². The first-order valence-corrected chi connectivity index (χ1v) is 9.38. The quantitative estimate of drug-likeness (QED) is 0.462. The van der Waals surface area contributed by atoms with Crippen molar-refractivity contribution in [3.05, 3.63) is 64.4 Å². The van der Waals surface area contributed by atoms with E-state index in [1.807, 2.05) is 25.1 Å². The van der Waals surface area contributed by atoms with Crippen molar-refractivity contribution in [3.8, 4) is 0 Å². The van der Waals surface area contributed by atoms with E-state index in [9.17, 15) is 17.8 Å². The molecular weight excluding hydrogens is 352 g/mol. The normalized spacial score (nSPS) is 12.7. The Hall–Kier alpha value is -3.03. The second-order valence-electron chi connectivity index (χ2n) is 6.33. The van der Waals surface area contributed by atoms with Crippen molar-refractivity contribution in [2.45, 2.75) is 11.8 Å². The highest BCUT2D eigenvalue weighted by atomic mass is 32.2. The van der Waals surface area contributed by atoms with Crippen molar-refractivity contribution in [1.82, 2.24) is 9.38 Å². The monoisotopic (exact) mass is 364 g/mol. The largest absolute Gasteiger partial charge is 0.295 e. The molecule has 0 aliphatic heterocycles. The van der Waals surface area contributed by atoms with Crippen molar-refractivity contribution < 1.29 is 13.0 Å². The highest BCUT2D eigenvalue weighted by Gasteiger charge is 2.21. The summed E-state index contributed by atoms with van der Waals surface area (Å²) in [7, 11) is -4.41. The van der Waals surface area contributed by atoms with Crippen molar-refractivity contribution >= 4 is 48.3 Å². The van der Waals surface area contributed by atoms with Gasteiger partial charge in [0.25, 0.3) is 15.7 Å². The topological polar surface area (TPSA) is 88.7 Å². The molecule has 0 fully saturated rings. The van der Waals surface area contributed by atoms with Gasteiger partial charge in [0.2, 0.25) is 0 Å². The molecule has 5 rings (SSSR count). The van der Waals surface area contributed by atoms with E-state index in [2.05, 4.69) is 4.98 Å². The summed E-state index contributed by atoms with van der Waals surface area (Å²) in [6, 6.07) is 13.4. The lowest BCUT2D eigenvalue weighted by atomic mass is 10.0. The van der Waals surface area contributed by atoms with Gasteiger partial charge in [-0.2, -0.15) is 8.42 Å². The number of aryl methyl sites for hydroxylation is 1. The lowest BCUT2D eigenvalue weighted by molar-refractivity contribution is 0.484. The summed E-state index contributed by atoms with van der Waals surface area (Å²) in [5.41, 5.74) is 2.59. The third-order valence-corrected chi connectivity index (χ3v) is 5.74. The SMILES string of the molecule is Cc1cccc2nc3c4ccc(S(=O)(=O)O)c5cccc(c(=O)n3c12)c54. The molecule has 0 saturated carbocycles. The molecule has 0 radical (unpaired) electrons. The maximum Gasteiger partial charge on any atom is 0.295 e. The number of para-hydroxylation sites is 1. The van der Waals surface area contributed by atoms with Crippen LogP contribution in [0.25, 0.3) is 38.2 Å². The molecule has 0 amide bonds. The van der Waals surface area contributed by atoms with Crippen LogP contribution < -0.4 is 5.56 Å². The summed E-state index contributed by atoms with van der Waals surface area (Å²) in [6.07, 6.45) is 0. The van der Waals surface area contributed by atoms with Gasteiger partial charge in [-0.25, -0.2) is 4.98 Å². The van der Waals surface area contributed by atoms with E-state index in [0.717, 1.165) is 11.1 Å². The Morgan fingerprint density at radius 3 is 2.46 bits per heavy atom. The molecule has 0 saturated heterocycles. The van der Waals surface area contributed by atoms with Gasteiger partial charge in [0.05, 0.1) is 11.0 Å². The van der Waals surface area contributed by atoms with E-state index >= 15 is 0 Å². The average molecular weight is 364 g/mol. The van der Waals surface area contributed by atoms with Crippen LogP contribution in [0.5, 0.6) is 0 Å². The summed E-state index contributed by atoms with van der Waals surface area (Å²) < 4.78 is 34.6. The van der Waals surface area contributed by atoms with Gasteiger partial charge in [-0.3, -0.25) is 13.7 Å². The van der Waals surface area contributed by atoms with Crippen LogP contribution in [0.3, 0.4) is 0 Å². The third kappa shape index (κ3) is 1.81. The molecule has 0 bridgehead atoms. The Balaban J connectivity index is 2.18. The molecule has 2 aromatic heterocycles. The number of nitrogens with zero attached hydrogens (tertiary/aromatic N) is 2. The Kier molecular flexibility index (Phi) is 2.80. The zero-order valence-corrected chi connectivity index (χ0v) is 14.4. The van der Waals surface area contributed by atoms with Crippen LogP contribution in [0.1, 0.15) is 5.56 Å². The van der Waals surface area contributed by atoms with Crippen LogP contribution in [0.2, 0.25) is 0 Å². The van der Waals surface area contributed by atoms with Crippen molar-refractivity contribution in [3.63, 3.8) is 0 Å². The van der Waals surface area contributed by atoms with Gasteiger partial charge in [-0.1, -0.05) is 24.3 Å². The zero-order valence-electron chi connectivity index (χ0n) is 13.6. The van der Waals surface area contributed by atoms with E-state index in [1.165, 1.54) is 6.07 Å². The molecule has 0 atom stereocenters. The minimum atomic E-state index is -4.41. The minimum Gasteiger partial charge on any atom is -0.282 e. The summed E-state index contributed by atoms with van der Waals surface area (Å²) in [6.45, 7) is 1.92. The molecular formula is C19H12N2O4S. The van der Waals surface area contributed by atoms with Crippen molar-refractivity contribution in [2.24, 2.45) is 0 Å². The Morgan fingerprint density at radius 2 is 1.69 bits per heavy atom. The lowest BCUT2D eigenvalue weighted by Gasteiger charge is -2.10. The zero-order chi connectivity index (χ0) is 18.2. The molecule has 7 heteroatoms. The Labute approximate surface area is 147 Å². The third-order valence-electron chi connectivity index (χ3n) is 4.83. The van der Waals surface area contributed by atoms with Gasteiger partial charge in [0.15, 0.2) is 0 Å². The maximum atomic E-state index is 13.2. The van der Waals surface area contributed by atoms with Gasteiger partial charge >= 0.3 is 0 Å². The standard InChI is InChI=1S/C19H12N2O4S/c1-10-4-2-7-14-17(10)21-18(20-14)12-8-9-15(26(23,24)25)11-5-3-6-13(16(11)12)19(21)22/h2-9H,1H3,(H,23,24,25). The van der Waals surface area contributed by atoms with Crippen LogP contribution in [0.15, 0.2) is 58.2 Å². The van der Waals surface area contributed by atoms with Crippen LogP contribution in [0, 0.1) is 6.92 Å². The van der Waals surface area contributed by atoms with Gasteiger partial charge in [0.1, 0.15) is 10.5 Å². The fourth-order valence-corrected chi connectivity index (χ4v) is 4.45. The minimum absolute atomic E-state index is 0.216. The Bertz CT molecular complexity index is 1530. The van der Waals surface area contributed by atoms with Crippen LogP contribution in [-0.2, 0) is 10.1 Å². The number of imidazole rings is 1. The Morgan fingerprint density at radius 1 is 0.962 bits per heavy atom. The molecule has 2 heterocycles.